The Bertz CT molecular complexity index is 508. The Labute approximate surface area is 101 Å². The minimum Gasteiger partial charge on any atom is -0.294 e. The van der Waals surface area contributed by atoms with E-state index in [0.717, 1.165) is 5.56 Å². The molecule has 0 N–H and O–H groups in total. The molecule has 0 radical (unpaired) electrons. The summed E-state index contributed by atoms with van der Waals surface area (Å²) in [5, 5.41) is 3.70. The smallest absolute Gasteiger partial charge is 0.168 e. The Hall–Kier alpha value is -1.19. The fourth-order valence-electron chi connectivity index (χ4n) is 1.36. The summed E-state index contributed by atoms with van der Waals surface area (Å²) >= 11 is 7.12. The molecule has 82 valence electrons. The van der Waals surface area contributed by atoms with Crippen molar-refractivity contribution < 1.29 is 9.18 Å². The number of carbonyl (C=O) groups is 1. The van der Waals surface area contributed by atoms with Crippen LogP contribution in [0.5, 0.6) is 0 Å². The van der Waals surface area contributed by atoms with E-state index in [9.17, 15) is 9.18 Å². The van der Waals surface area contributed by atoms with Crippen LogP contribution >= 0.6 is 22.9 Å². The van der Waals surface area contributed by atoms with Crippen LogP contribution in [0, 0.1) is 5.82 Å². The fraction of sp³-hybridized carbons (Fsp3) is 0.0833. The van der Waals surface area contributed by atoms with Crippen molar-refractivity contribution in [2.75, 3.05) is 0 Å². The van der Waals surface area contributed by atoms with E-state index in [0.29, 0.717) is 5.56 Å². The molecule has 0 saturated carbocycles. The Morgan fingerprint density at radius 3 is 2.81 bits per heavy atom. The second-order valence-corrected chi connectivity index (χ2v) is 4.55. The third-order valence-electron chi connectivity index (χ3n) is 2.19. The van der Waals surface area contributed by atoms with Gasteiger partial charge in [-0.3, -0.25) is 4.79 Å². The summed E-state index contributed by atoms with van der Waals surface area (Å²) in [5.41, 5.74) is 1.41. The highest BCUT2D eigenvalue weighted by Gasteiger charge is 2.08. The zero-order chi connectivity index (χ0) is 11.5. The molecule has 0 spiro atoms. The average Bonchev–Trinajstić information content (AvgIpc) is 2.77. The molecule has 16 heavy (non-hydrogen) atoms. The number of rotatable bonds is 3. The lowest BCUT2D eigenvalue weighted by Gasteiger charge is -2.01. The normalized spacial score (nSPS) is 10.4. The van der Waals surface area contributed by atoms with E-state index in [2.05, 4.69) is 0 Å². The van der Waals surface area contributed by atoms with Crippen LogP contribution in [0.25, 0.3) is 0 Å². The van der Waals surface area contributed by atoms with Crippen molar-refractivity contribution in [2.24, 2.45) is 0 Å². The average molecular weight is 255 g/mol. The topological polar surface area (TPSA) is 17.1 Å². The van der Waals surface area contributed by atoms with Crippen LogP contribution in [0.4, 0.5) is 4.39 Å². The van der Waals surface area contributed by atoms with Crippen LogP contribution in [-0.2, 0) is 6.42 Å². The molecule has 0 aliphatic rings. The van der Waals surface area contributed by atoms with Gasteiger partial charge < -0.3 is 0 Å². The molecular weight excluding hydrogens is 247 g/mol. The summed E-state index contributed by atoms with van der Waals surface area (Å²) in [6.45, 7) is 0. The molecule has 0 atom stereocenters. The number of benzene rings is 1. The first-order valence-electron chi connectivity index (χ1n) is 4.66. The summed E-state index contributed by atoms with van der Waals surface area (Å²) in [6.07, 6.45) is 0.247. The minimum absolute atomic E-state index is 0.0175. The molecule has 0 aliphatic heterocycles. The molecule has 2 rings (SSSR count). The number of Topliss-reactive ketones (excluding diaryl/α,β-unsaturated/α-hetero) is 1. The summed E-state index contributed by atoms with van der Waals surface area (Å²) in [7, 11) is 0. The molecule has 1 aromatic heterocycles. The van der Waals surface area contributed by atoms with Crippen LogP contribution < -0.4 is 0 Å². The molecule has 2 aromatic rings. The predicted molar refractivity (Wildman–Crippen MR) is 63.8 cm³/mol. The zero-order valence-electron chi connectivity index (χ0n) is 8.24. The monoisotopic (exact) mass is 254 g/mol. The highest BCUT2D eigenvalue weighted by molar-refractivity contribution is 7.08. The van der Waals surface area contributed by atoms with Crippen LogP contribution in [0.1, 0.15) is 15.9 Å². The number of halogens is 2. The van der Waals surface area contributed by atoms with E-state index in [-0.39, 0.29) is 17.2 Å². The van der Waals surface area contributed by atoms with Gasteiger partial charge in [0.25, 0.3) is 0 Å². The Kier molecular flexibility index (Phi) is 3.36. The maximum Gasteiger partial charge on any atom is 0.168 e. The summed E-state index contributed by atoms with van der Waals surface area (Å²) in [5.74, 6) is -0.447. The van der Waals surface area contributed by atoms with Gasteiger partial charge in [0, 0.05) is 17.4 Å². The lowest BCUT2D eigenvalue weighted by Crippen LogP contribution is -2.02. The van der Waals surface area contributed by atoms with Gasteiger partial charge in [0.15, 0.2) is 5.78 Å². The van der Waals surface area contributed by atoms with E-state index >= 15 is 0 Å². The second kappa shape index (κ2) is 4.76. The molecule has 1 nitrogen and oxygen atoms in total. The summed E-state index contributed by atoms with van der Waals surface area (Å²) in [4.78, 5) is 11.7. The standard InChI is InChI=1S/C12H8ClFOS/c13-10-5-8(1-2-11(10)14)6-12(15)9-3-4-16-7-9/h1-5,7H,6H2. The van der Waals surface area contributed by atoms with E-state index < -0.39 is 5.82 Å². The summed E-state index contributed by atoms with van der Waals surface area (Å²) < 4.78 is 12.9. The number of carbonyl (C=O) groups excluding carboxylic acids is 1. The van der Waals surface area contributed by atoms with E-state index in [1.54, 1.807) is 17.5 Å². The molecular formula is C12H8ClFOS. The van der Waals surface area contributed by atoms with Gasteiger partial charge in [-0.25, -0.2) is 4.39 Å². The van der Waals surface area contributed by atoms with E-state index in [1.807, 2.05) is 5.38 Å². The lowest BCUT2D eigenvalue weighted by molar-refractivity contribution is 0.0993. The van der Waals surface area contributed by atoms with Gasteiger partial charge in [-0.2, -0.15) is 11.3 Å². The third kappa shape index (κ3) is 2.49. The Balaban J connectivity index is 2.15. The molecule has 4 heteroatoms. The van der Waals surface area contributed by atoms with Crippen molar-refractivity contribution in [3.63, 3.8) is 0 Å². The van der Waals surface area contributed by atoms with Gasteiger partial charge >= 0.3 is 0 Å². The van der Waals surface area contributed by atoms with Gasteiger partial charge in [0.05, 0.1) is 5.02 Å². The SMILES string of the molecule is O=C(Cc1ccc(F)c(Cl)c1)c1ccsc1. The van der Waals surface area contributed by atoms with Gasteiger partial charge in [0.1, 0.15) is 5.82 Å². The Morgan fingerprint density at radius 1 is 1.38 bits per heavy atom. The predicted octanol–water partition coefficient (Wildman–Crippen LogP) is 3.97. The largest absolute Gasteiger partial charge is 0.294 e. The van der Waals surface area contributed by atoms with Gasteiger partial charge in [-0.15, -0.1) is 0 Å². The third-order valence-corrected chi connectivity index (χ3v) is 3.16. The molecule has 1 aromatic carbocycles. The van der Waals surface area contributed by atoms with Crippen LogP contribution in [0.3, 0.4) is 0 Å². The maximum absolute atomic E-state index is 12.9. The van der Waals surface area contributed by atoms with Crippen molar-refractivity contribution in [3.8, 4) is 0 Å². The van der Waals surface area contributed by atoms with E-state index in [1.165, 1.54) is 23.5 Å². The van der Waals surface area contributed by atoms with E-state index in [4.69, 9.17) is 11.6 Å². The van der Waals surface area contributed by atoms with Gasteiger partial charge in [-0.1, -0.05) is 17.7 Å². The molecule has 0 aliphatic carbocycles. The Morgan fingerprint density at radius 2 is 2.19 bits per heavy atom. The molecule has 0 unspecified atom stereocenters. The van der Waals surface area contributed by atoms with Crippen molar-refractivity contribution in [1.82, 2.24) is 0 Å². The first-order chi connectivity index (χ1) is 7.66. The zero-order valence-corrected chi connectivity index (χ0v) is 9.82. The highest BCUT2D eigenvalue weighted by Crippen LogP contribution is 2.18. The van der Waals surface area contributed by atoms with Crippen molar-refractivity contribution in [1.29, 1.82) is 0 Å². The molecule has 0 fully saturated rings. The maximum atomic E-state index is 12.9. The number of hydrogen-bond donors (Lipinski definition) is 0. The van der Waals surface area contributed by atoms with Gasteiger partial charge in [-0.05, 0) is 29.1 Å². The van der Waals surface area contributed by atoms with Crippen LogP contribution in [-0.4, -0.2) is 5.78 Å². The van der Waals surface area contributed by atoms with Crippen molar-refractivity contribution >= 4 is 28.7 Å². The van der Waals surface area contributed by atoms with Gasteiger partial charge in [0.2, 0.25) is 0 Å². The number of hydrogen-bond acceptors (Lipinski definition) is 2. The number of ketones is 1. The van der Waals surface area contributed by atoms with Crippen molar-refractivity contribution in [2.45, 2.75) is 6.42 Å². The van der Waals surface area contributed by atoms with Crippen molar-refractivity contribution in [3.05, 3.63) is 57.0 Å². The van der Waals surface area contributed by atoms with Crippen LogP contribution in [0.2, 0.25) is 5.02 Å². The second-order valence-electron chi connectivity index (χ2n) is 3.36. The first-order valence-corrected chi connectivity index (χ1v) is 5.98. The first kappa shape index (κ1) is 11.3. The molecule has 0 bridgehead atoms. The summed E-state index contributed by atoms with van der Waals surface area (Å²) in [6, 6.07) is 6.11. The highest BCUT2D eigenvalue weighted by atomic mass is 35.5. The van der Waals surface area contributed by atoms with Crippen LogP contribution in [0.15, 0.2) is 35.0 Å². The lowest BCUT2D eigenvalue weighted by atomic mass is 10.1. The molecule has 1 heterocycles. The molecule has 0 amide bonds. The number of thiophene rings is 1. The molecule has 0 saturated heterocycles. The fourth-order valence-corrected chi connectivity index (χ4v) is 2.22. The quantitative estimate of drug-likeness (QED) is 0.758. The minimum atomic E-state index is -0.464.